The third-order valence-corrected chi connectivity index (χ3v) is 7.22. The minimum Gasteiger partial charge on any atom is -0.379 e. The molecule has 1 saturated heterocycles. The molecule has 2 fully saturated rings. The molecule has 3 aromatic rings. The summed E-state index contributed by atoms with van der Waals surface area (Å²) >= 11 is 0. The van der Waals surface area contributed by atoms with Gasteiger partial charge in [0.2, 0.25) is 5.95 Å². The third kappa shape index (κ3) is 5.15. The summed E-state index contributed by atoms with van der Waals surface area (Å²) in [6, 6.07) is 10.5. The van der Waals surface area contributed by atoms with E-state index in [1.165, 1.54) is 24.0 Å². The SMILES string of the molecule is Cc1ccccc1Cc1cc2cnc(NCCCN3CCOCC3)nc2n(C2CCCC2)c1=O. The summed E-state index contributed by atoms with van der Waals surface area (Å²) in [5.74, 6) is 0.604. The summed E-state index contributed by atoms with van der Waals surface area (Å²) in [5, 5.41) is 4.32. The van der Waals surface area contributed by atoms with Gasteiger partial charge in [-0.15, -0.1) is 0 Å². The topological polar surface area (TPSA) is 72.3 Å². The summed E-state index contributed by atoms with van der Waals surface area (Å²) in [5.41, 5.74) is 4.08. The maximum atomic E-state index is 13.7. The monoisotopic (exact) mass is 461 g/mol. The van der Waals surface area contributed by atoms with E-state index in [-0.39, 0.29) is 11.6 Å². The Bertz CT molecular complexity index is 1180. The quantitative estimate of drug-likeness (QED) is 0.513. The average Bonchev–Trinajstić information content (AvgIpc) is 3.39. The number of morpholine rings is 1. The molecule has 1 aliphatic heterocycles. The number of benzene rings is 1. The van der Waals surface area contributed by atoms with Gasteiger partial charge in [-0.3, -0.25) is 14.3 Å². The van der Waals surface area contributed by atoms with Crippen molar-refractivity contribution < 1.29 is 4.74 Å². The van der Waals surface area contributed by atoms with Gasteiger partial charge in [-0.1, -0.05) is 37.1 Å². The van der Waals surface area contributed by atoms with E-state index in [1.807, 2.05) is 29.0 Å². The highest BCUT2D eigenvalue weighted by atomic mass is 16.5. The van der Waals surface area contributed by atoms with E-state index in [4.69, 9.17) is 9.72 Å². The Kier molecular flexibility index (Phi) is 7.21. The number of pyridine rings is 1. The van der Waals surface area contributed by atoms with Crippen molar-refractivity contribution in [3.05, 3.63) is 63.6 Å². The first-order chi connectivity index (χ1) is 16.7. The van der Waals surface area contributed by atoms with Crippen LogP contribution >= 0.6 is 0 Å². The van der Waals surface area contributed by atoms with Crippen LogP contribution in [-0.2, 0) is 11.2 Å². The molecule has 0 spiro atoms. The molecule has 0 bridgehead atoms. The highest BCUT2D eigenvalue weighted by Crippen LogP contribution is 2.31. The molecule has 7 heteroatoms. The lowest BCUT2D eigenvalue weighted by Crippen LogP contribution is -2.37. The van der Waals surface area contributed by atoms with Crippen molar-refractivity contribution in [3.8, 4) is 0 Å². The predicted octanol–water partition coefficient (Wildman–Crippen LogP) is 3.94. The van der Waals surface area contributed by atoms with Gasteiger partial charge in [-0.2, -0.15) is 4.98 Å². The maximum Gasteiger partial charge on any atom is 0.256 e. The molecule has 2 aromatic heterocycles. The number of hydrogen-bond donors (Lipinski definition) is 1. The van der Waals surface area contributed by atoms with Gasteiger partial charge in [0, 0.05) is 49.2 Å². The number of rotatable bonds is 8. The summed E-state index contributed by atoms with van der Waals surface area (Å²) < 4.78 is 7.39. The van der Waals surface area contributed by atoms with Gasteiger partial charge in [-0.25, -0.2) is 4.98 Å². The van der Waals surface area contributed by atoms with Gasteiger partial charge in [0.25, 0.3) is 5.56 Å². The van der Waals surface area contributed by atoms with Crippen molar-refractivity contribution in [2.75, 3.05) is 44.7 Å². The Balaban J connectivity index is 1.39. The number of fused-ring (bicyclic) bond motifs is 1. The van der Waals surface area contributed by atoms with E-state index in [1.54, 1.807) is 0 Å². The fourth-order valence-corrected chi connectivity index (χ4v) is 5.23. The Morgan fingerprint density at radius 1 is 1.12 bits per heavy atom. The Morgan fingerprint density at radius 2 is 1.91 bits per heavy atom. The summed E-state index contributed by atoms with van der Waals surface area (Å²) in [6.07, 6.45) is 7.93. The highest BCUT2D eigenvalue weighted by molar-refractivity contribution is 5.76. The molecule has 1 saturated carbocycles. The number of nitrogens with zero attached hydrogens (tertiary/aromatic N) is 4. The second-order valence-electron chi connectivity index (χ2n) is 9.59. The van der Waals surface area contributed by atoms with Gasteiger partial charge < -0.3 is 10.1 Å². The fourth-order valence-electron chi connectivity index (χ4n) is 5.23. The number of aromatic nitrogens is 3. The van der Waals surface area contributed by atoms with Gasteiger partial charge >= 0.3 is 0 Å². The van der Waals surface area contributed by atoms with Gasteiger partial charge in [-0.05, 0) is 49.9 Å². The molecule has 1 N–H and O–H groups in total. The van der Waals surface area contributed by atoms with Crippen LogP contribution in [0, 0.1) is 6.92 Å². The highest BCUT2D eigenvalue weighted by Gasteiger charge is 2.23. The molecule has 34 heavy (non-hydrogen) atoms. The number of hydrogen-bond acceptors (Lipinski definition) is 6. The Morgan fingerprint density at radius 3 is 2.71 bits per heavy atom. The molecule has 3 heterocycles. The van der Waals surface area contributed by atoms with E-state index in [9.17, 15) is 4.79 Å². The molecule has 180 valence electrons. The largest absolute Gasteiger partial charge is 0.379 e. The standard InChI is InChI=1S/C27H35N5O2/c1-20-7-2-3-8-21(20)17-22-18-23-19-29-27(28-11-6-12-31-13-15-34-16-14-31)30-25(23)32(26(22)33)24-9-4-5-10-24/h2-3,7-8,18-19,24H,4-6,9-17H2,1H3,(H,28,29,30). The molecular weight excluding hydrogens is 426 g/mol. The average molecular weight is 462 g/mol. The van der Waals surface area contributed by atoms with E-state index >= 15 is 0 Å². The Hall–Kier alpha value is -2.77. The zero-order chi connectivity index (χ0) is 23.3. The van der Waals surface area contributed by atoms with Gasteiger partial charge in [0.15, 0.2) is 0 Å². The summed E-state index contributed by atoms with van der Waals surface area (Å²) in [4.78, 5) is 25.6. The molecule has 2 aliphatic rings. The van der Waals surface area contributed by atoms with E-state index < -0.39 is 0 Å². The first-order valence-corrected chi connectivity index (χ1v) is 12.7. The summed E-state index contributed by atoms with van der Waals surface area (Å²) in [6.45, 7) is 7.61. The molecule has 0 atom stereocenters. The van der Waals surface area contributed by atoms with Crippen LogP contribution in [0.2, 0.25) is 0 Å². The molecule has 1 aromatic carbocycles. The predicted molar refractivity (Wildman–Crippen MR) is 136 cm³/mol. The van der Waals surface area contributed by atoms with Gasteiger partial charge in [0.1, 0.15) is 5.65 Å². The zero-order valence-corrected chi connectivity index (χ0v) is 20.1. The lowest BCUT2D eigenvalue weighted by atomic mass is 10.0. The molecule has 0 radical (unpaired) electrons. The minimum atomic E-state index is 0.0969. The van der Waals surface area contributed by atoms with Crippen molar-refractivity contribution in [1.29, 1.82) is 0 Å². The van der Waals surface area contributed by atoms with E-state index in [0.29, 0.717) is 12.4 Å². The van der Waals surface area contributed by atoms with Crippen LogP contribution in [0.4, 0.5) is 5.95 Å². The molecule has 0 amide bonds. The maximum absolute atomic E-state index is 13.7. The molecule has 0 unspecified atom stereocenters. The number of aryl methyl sites for hydroxylation is 1. The van der Waals surface area contributed by atoms with Crippen LogP contribution in [-0.4, -0.2) is 58.8 Å². The molecule has 1 aliphatic carbocycles. The van der Waals surface area contributed by atoms with Crippen LogP contribution in [0.15, 0.2) is 41.3 Å². The zero-order valence-electron chi connectivity index (χ0n) is 20.1. The molecule has 7 nitrogen and oxygen atoms in total. The normalized spacial score (nSPS) is 17.4. The second kappa shape index (κ2) is 10.7. The van der Waals surface area contributed by atoms with Crippen molar-refractivity contribution in [2.24, 2.45) is 0 Å². The fraction of sp³-hybridized carbons (Fsp3) is 0.519. The number of anilines is 1. The molecule has 5 rings (SSSR count). The van der Waals surface area contributed by atoms with Crippen LogP contribution < -0.4 is 10.9 Å². The Labute approximate surface area is 201 Å². The van der Waals surface area contributed by atoms with Crippen LogP contribution in [0.5, 0.6) is 0 Å². The van der Waals surface area contributed by atoms with Crippen molar-refractivity contribution in [1.82, 2.24) is 19.4 Å². The lowest BCUT2D eigenvalue weighted by molar-refractivity contribution is 0.0378. The van der Waals surface area contributed by atoms with Crippen molar-refractivity contribution >= 4 is 17.0 Å². The van der Waals surface area contributed by atoms with Gasteiger partial charge in [0.05, 0.1) is 13.2 Å². The second-order valence-corrected chi connectivity index (χ2v) is 9.59. The van der Waals surface area contributed by atoms with E-state index in [2.05, 4.69) is 34.3 Å². The van der Waals surface area contributed by atoms with Crippen LogP contribution in [0.1, 0.15) is 54.8 Å². The third-order valence-electron chi connectivity index (χ3n) is 7.22. The van der Waals surface area contributed by atoms with Crippen LogP contribution in [0.25, 0.3) is 11.0 Å². The minimum absolute atomic E-state index is 0.0969. The first-order valence-electron chi connectivity index (χ1n) is 12.7. The summed E-state index contributed by atoms with van der Waals surface area (Å²) in [7, 11) is 0. The van der Waals surface area contributed by atoms with E-state index in [0.717, 1.165) is 75.3 Å². The number of ether oxygens (including phenoxy) is 1. The van der Waals surface area contributed by atoms with Crippen LogP contribution in [0.3, 0.4) is 0 Å². The van der Waals surface area contributed by atoms with Crippen molar-refractivity contribution in [3.63, 3.8) is 0 Å². The lowest BCUT2D eigenvalue weighted by Gasteiger charge is -2.26. The number of nitrogens with one attached hydrogen (secondary N) is 1. The first kappa shape index (κ1) is 23.0. The molecular formula is C27H35N5O2. The van der Waals surface area contributed by atoms with Crippen molar-refractivity contribution in [2.45, 2.75) is 51.5 Å². The smallest absolute Gasteiger partial charge is 0.256 e.